The maximum atomic E-state index is 4.51. The number of aryl methyl sites for hydroxylation is 1. The Bertz CT molecular complexity index is 727. The number of nitrogens with one attached hydrogen (secondary N) is 2. The number of thiazole rings is 1. The van der Waals surface area contributed by atoms with Crippen molar-refractivity contribution < 1.29 is 0 Å². The third kappa shape index (κ3) is 6.04. The van der Waals surface area contributed by atoms with Gasteiger partial charge in [-0.25, -0.2) is 4.98 Å². The van der Waals surface area contributed by atoms with E-state index in [0.717, 1.165) is 55.6 Å². The van der Waals surface area contributed by atoms with Gasteiger partial charge >= 0.3 is 0 Å². The molecule has 0 bridgehead atoms. The fourth-order valence-electron chi connectivity index (χ4n) is 3.62. The van der Waals surface area contributed by atoms with Gasteiger partial charge in [0.15, 0.2) is 5.96 Å². The van der Waals surface area contributed by atoms with Crippen LogP contribution in [0.15, 0.2) is 40.7 Å². The van der Waals surface area contributed by atoms with E-state index in [-0.39, 0.29) is 0 Å². The van der Waals surface area contributed by atoms with Gasteiger partial charge < -0.3 is 10.6 Å². The second kappa shape index (κ2) is 9.85. The lowest BCUT2D eigenvalue weighted by Gasteiger charge is -2.38. The van der Waals surface area contributed by atoms with Gasteiger partial charge in [0.25, 0.3) is 0 Å². The normalized spacial score (nSPS) is 21.2. The summed E-state index contributed by atoms with van der Waals surface area (Å²) in [5.74, 6) is 0.899. The van der Waals surface area contributed by atoms with E-state index in [9.17, 15) is 0 Å². The van der Waals surface area contributed by atoms with Gasteiger partial charge in [-0.3, -0.25) is 9.89 Å². The first-order chi connectivity index (χ1) is 13.1. The van der Waals surface area contributed by atoms with Gasteiger partial charge in [-0.05, 0) is 32.3 Å². The molecule has 1 aromatic heterocycles. The molecule has 0 aliphatic carbocycles. The lowest BCUT2D eigenvalue weighted by Crippen LogP contribution is -2.51. The van der Waals surface area contributed by atoms with Crippen LogP contribution >= 0.6 is 11.3 Å². The minimum absolute atomic E-state index is 0.472. The number of nitrogens with zero attached hydrogens (tertiary/aromatic N) is 3. The zero-order valence-electron chi connectivity index (χ0n) is 16.6. The van der Waals surface area contributed by atoms with Crippen molar-refractivity contribution in [3.05, 3.63) is 52.0 Å². The summed E-state index contributed by atoms with van der Waals surface area (Å²) in [5.41, 5.74) is 2.55. The molecule has 6 heteroatoms. The van der Waals surface area contributed by atoms with Crippen LogP contribution in [0, 0.1) is 6.92 Å². The van der Waals surface area contributed by atoms with E-state index >= 15 is 0 Å². The molecule has 1 fully saturated rings. The molecule has 2 atom stereocenters. The van der Waals surface area contributed by atoms with Crippen LogP contribution in [0.2, 0.25) is 0 Å². The lowest BCUT2D eigenvalue weighted by molar-refractivity contribution is 0.134. The quantitative estimate of drug-likeness (QED) is 0.592. The highest BCUT2D eigenvalue weighted by Crippen LogP contribution is 2.19. The predicted octanol–water partition coefficient (Wildman–Crippen LogP) is 3.21. The van der Waals surface area contributed by atoms with Crippen LogP contribution in [0.4, 0.5) is 0 Å². The molecule has 2 heterocycles. The molecular formula is C21H31N5S. The van der Waals surface area contributed by atoms with Crippen molar-refractivity contribution >= 4 is 17.3 Å². The lowest BCUT2D eigenvalue weighted by atomic mass is 9.97. The Morgan fingerprint density at radius 1 is 1.33 bits per heavy atom. The number of rotatable bonds is 6. The van der Waals surface area contributed by atoms with E-state index in [1.807, 2.05) is 14.0 Å². The summed E-state index contributed by atoms with van der Waals surface area (Å²) < 4.78 is 0. The van der Waals surface area contributed by atoms with Gasteiger partial charge in [-0.2, -0.15) is 0 Å². The highest BCUT2D eigenvalue weighted by molar-refractivity contribution is 7.09. The van der Waals surface area contributed by atoms with Crippen molar-refractivity contribution in [2.24, 2.45) is 4.99 Å². The van der Waals surface area contributed by atoms with Gasteiger partial charge in [-0.15, -0.1) is 11.3 Å². The Balaban J connectivity index is 1.42. The van der Waals surface area contributed by atoms with Crippen molar-refractivity contribution in [2.45, 2.75) is 51.7 Å². The van der Waals surface area contributed by atoms with Crippen LogP contribution in [-0.4, -0.2) is 48.1 Å². The van der Waals surface area contributed by atoms with Crippen molar-refractivity contribution in [1.82, 2.24) is 20.5 Å². The van der Waals surface area contributed by atoms with Crippen molar-refractivity contribution in [2.75, 3.05) is 20.1 Å². The topological polar surface area (TPSA) is 52.6 Å². The molecule has 0 saturated carbocycles. The van der Waals surface area contributed by atoms with Crippen LogP contribution in [0.5, 0.6) is 0 Å². The van der Waals surface area contributed by atoms with Gasteiger partial charge in [0.05, 0.1) is 10.7 Å². The third-order valence-electron chi connectivity index (χ3n) is 5.15. The van der Waals surface area contributed by atoms with E-state index in [0.29, 0.717) is 12.1 Å². The van der Waals surface area contributed by atoms with E-state index in [1.54, 1.807) is 11.3 Å². The highest BCUT2D eigenvalue weighted by Gasteiger charge is 2.25. The summed E-state index contributed by atoms with van der Waals surface area (Å²) in [6.07, 6.45) is 3.21. The largest absolute Gasteiger partial charge is 0.356 e. The first kappa shape index (κ1) is 19.8. The molecule has 2 aromatic rings. The minimum Gasteiger partial charge on any atom is -0.356 e. The average molecular weight is 386 g/mol. The number of aromatic nitrogens is 1. The molecule has 1 saturated heterocycles. The highest BCUT2D eigenvalue weighted by atomic mass is 32.1. The first-order valence-corrected chi connectivity index (χ1v) is 10.7. The maximum Gasteiger partial charge on any atom is 0.191 e. The van der Waals surface area contributed by atoms with Crippen molar-refractivity contribution in [1.29, 1.82) is 0 Å². The summed E-state index contributed by atoms with van der Waals surface area (Å²) in [6.45, 7) is 7.38. The molecule has 27 heavy (non-hydrogen) atoms. The molecule has 0 spiro atoms. The standard InChI is InChI=1S/C21H31N5S/c1-16-13-19(10-12-26(16)14-18-7-5-4-6-8-18)25-21(22-3)23-11-9-20-15-27-17(2)24-20/h4-8,15-16,19H,9-14H2,1-3H3,(H2,22,23,25). The number of hydrogen-bond acceptors (Lipinski definition) is 4. The number of benzene rings is 1. The third-order valence-corrected chi connectivity index (χ3v) is 5.97. The maximum absolute atomic E-state index is 4.51. The van der Waals surface area contributed by atoms with Crippen LogP contribution in [0.1, 0.15) is 36.0 Å². The first-order valence-electron chi connectivity index (χ1n) is 9.80. The zero-order valence-corrected chi connectivity index (χ0v) is 17.4. The summed E-state index contributed by atoms with van der Waals surface area (Å²) in [7, 11) is 1.84. The minimum atomic E-state index is 0.472. The molecule has 1 aromatic carbocycles. The molecule has 3 rings (SSSR count). The van der Waals surface area contributed by atoms with Crippen LogP contribution in [0.3, 0.4) is 0 Å². The Kier molecular flexibility index (Phi) is 7.24. The molecule has 1 aliphatic rings. The van der Waals surface area contributed by atoms with Gasteiger partial charge in [-0.1, -0.05) is 30.3 Å². The smallest absolute Gasteiger partial charge is 0.191 e. The van der Waals surface area contributed by atoms with Crippen LogP contribution in [0.25, 0.3) is 0 Å². The molecule has 146 valence electrons. The van der Waals surface area contributed by atoms with E-state index in [2.05, 4.69) is 68.1 Å². The summed E-state index contributed by atoms with van der Waals surface area (Å²) >= 11 is 1.71. The van der Waals surface area contributed by atoms with Crippen molar-refractivity contribution in [3.63, 3.8) is 0 Å². The molecule has 0 amide bonds. The Hall–Kier alpha value is -1.92. The summed E-state index contributed by atoms with van der Waals surface area (Å²) in [5, 5.41) is 10.3. The molecule has 2 N–H and O–H groups in total. The monoisotopic (exact) mass is 385 g/mol. The van der Waals surface area contributed by atoms with Crippen molar-refractivity contribution in [3.8, 4) is 0 Å². The fourth-order valence-corrected chi connectivity index (χ4v) is 4.27. The Labute approximate surface area is 166 Å². The zero-order chi connectivity index (χ0) is 19.1. The number of piperidine rings is 1. The van der Waals surface area contributed by atoms with Gasteiger partial charge in [0, 0.05) is 50.6 Å². The Morgan fingerprint density at radius 2 is 2.15 bits per heavy atom. The summed E-state index contributed by atoms with van der Waals surface area (Å²) in [4.78, 5) is 11.5. The van der Waals surface area contributed by atoms with Crippen LogP contribution < -0.4 is 10.6 Å². The number of guanidine groups is 1. The van der Waals surface area contributed by atoms with E-state index in [4.69, 9.17) is 0 Å². The second-order valence-corrected chi connectivity index (χ2v) is 8.34. The van der Waals surface area contributed by atoms with Gasteiger partial charge in [0.2, 0.25) is 0 Å². The number of hydrogen-bond donors (Lipinski definition) is 2. The second-order valence-electron chi connectivity index (χ2n) is 7.28. The number of aliphatic imine (C=N–C) groups is 1. The fraction of sp³-hybridized carbons (Fsp3) is 0.524. The number of likely N-dealkylation sites (tertiary alicyclic amines) is 1. The Morgan fingerprint density at radius 3 is 2.81 bits per heavy atom. The molecule has 0 radical (unpaired) electrons. The van der Waals surface area contributed by atoms with E-state index in [1.165, 1.54) is 5.56 Å². The molecular weight excluding hydrogens is 354 g/mol. The molecule has 2 unspecified atom stereocenters. The van der Waals surface area contributed by atoms with Crippen LogP contribution in [-0.2, 0) is 13.0 Å². The van der Waals surface area contributed by atoms with E-state index < -0.39 is 0 Å². The van der Waals surface area contributed by atoms with Gasteiger partial charge in [0.1, 0.15) is 0 Å². The summed E-state index contributed by atoms with van der Waals surface area (Å²) in [6, 6.07) is 11.8. The predicted molar refractivity (Wildman–Crippen MR) is 114 cm³/mol. The molecule has 5 nitrogen and oxygen atoms in total. The average Bonchev–Trinajstić information content (AvgIpc) is 3.09. The molecule has 1 aliphatic heterocycles. The SMILES string of the molecule is CN=C(NCCc1csc(C)n1)NC1CCN(Cc2ccccc2)C(C)C1.